The van der Waals surface area contributed by atoms with Crippen molar-refractivity contribution in [3.63, 3.8) is 0 Å². The molecule has 2 aromatic rings. The van der Waals surface area contributed by atoms with Crippen LogP contribution in [0.15, 0.2) is 36.4 Å². The Morgan fingerprint density at radius 2 is 1.85 bits per heavy atom. The first-order chi connectivity index (χ1) is 15.2. The van der Waals surface area contributed by atoms with Gasteiger partial charge in [-0.05, 0) is 44.0 Å². The number of alkyl halides is 1. The molecule has 0 bridgehead atoms. The van der Waals surface area contributed by atoms with Gasteiger partial charge in [-0.3, -0.25) is 4.79 Å². The van der Waals surface area contributed by atoms with Crippen LogP contribution in [0.2, 0.25) is 0 Å². The summed E-state index contributed by atoms with van der Waals surface area (Å²) in [7, 11) is -3.90. The molecular formula is C22H24F4N2O4S. The first-order valence-corrected chi connectivity index (χ1v) is 12.0. The van der Waals surface area contributed by atoms with E-state index in [1.165, 1.54) is 32.0 Å². The average Bonchev–Trinajstić information content (AvgIpc) is 2.98. The normalized spacial score (nSPS) is 21.5. The topological polar surface area (TPSA) is 86.7 Å². The number of amides is 1. The fourth-order valence-electron chi connectivity index (χ4n) is 3.97. The first kappa shape index (κ1) is 25.1. The molecule has 1 aliphatic heterocycles. The number of hydrogen-bond acceptors (Lipinski definition) is 4. The molecule has 2 N–H and O–H groups in total. The van der Waals surface area contributed by atoms with Gasteiger partial charge in [0.15, 0.2) is 0 Å². The fourth-order valence-corrected chi connectivity index (χ4v) is 4.77. The molecule has 1 aliphatic rings. The van der Waals surface area contributed by atoms with Crippen LogP contribution in [0.5, 0.6) is 0 Å². The molecule has 0 saturated carbocycles. The summed E-state index contributed by atoms with van der Waals surface area (Å²) in [4.78, 5) is 13.7. The summed E-state index contributed by atoms with van der Waals surface area (Å²) in [6.45, 7) is 1.89. The minimum absolute atomic E-state index is 0.0656. The number of halogens is 4. The molecule has 0 aliphatic carbocycles. The third kappa shape index (κ3) is 5.53. The van der Waals surface area contributed by atoms with Gasteiger partial charge in [0.05, 0.1) is 24.9 Å². The molecule has 0 unspecified atom stereocenters. The van der Waals surface area contributed by atoms with Crippen LogP contribution in [-0.2, 0) is 21.2 Å². The van der Waals surface area contributed by atoms with E-state index in [2.05, 4.69) is 4.72 Å². The Bertz CT molecular complexity index is 1170. The van der Waals surface area contributed by atoms with Crippen LogP contribution in [0.4, 0.5) is 17.6 Å². The Kier molecular flexibility index (Phi) is 6.88. The molecule has 2 aromatic carbocycles. The highest BCUT2D eigenvalue weighted by Crippen LogP contribution is 2.32. The van der Waals surface area contributed by atoms with Gasteiger partial charge in [-0.25, -0.2) is 30.7 Å². The Hall–Kier alpha value is -2.50. The van der Waals surface area contributed by atoms with Crippen LogP contribution in [-0.4, -0.2) is 61.0 Å². The number of likely N-dealkylation sites (tertiary alicyclic amines) is 1. The molecule has 1 fully saturated rings. The molecule has 180 valence electrons. The van der Waals surface area contributed by atoms with Crippen molar-refractivity contribution in [3.8, 4) is 11.1 Å². The van der Waals surface area contributed by atoms with Crippen LogP contribution >= 0.6 is 0 Å². The summed E-state index contributed by atoms with van der Waals surface area (Å²) in [6.07, 6.45) is -1.33. The van der Waals surface area contributed by atoms with Gasteiger partial charge in [0.25, 0.3) is 5.91 Å². The van der Waals surface area contributed by atoms with Crippen molar-refractivity contribution in [1.29, 1.82) is 0 Å². The lowest BCUT2D eigenvalue weighted by Gasteiger charge is -2.32. The molecule has 0 radical (unpaired) electrons. The second-order valence-corrected chi connectivity index (χ2v) is 10.4. The van der Waals surface area contributed by atoms with Gasteiger partial charge in [0.1, 0.15) is 29.2 Å². The van der Waals surface area contributed by atoms with Crippen molar-refractivity contribution in [2.75, 3.05) is 12.8 Å². The minimum Gasteiger partial charge on any atom is -0.381 e. The number of benzene rings is 2. The van der Waals surface area contributed by atoms with E-state index in [1.807, 2.05) is 0 Å². The lowest BCUT2D eigenvalue weighted by molar-refractivity contribution is -0.149. The van der Waals surface area contributed by atoms with Gasteiger partial charge >= 0.3 is 0 Å². The van der Waals surface area contributed by atoms with E-state index in [-0.39, 0.29) is 23.1 Å². The Morgan fingerprint density at radius 1 is 1.18 bits per heavy atom. The van der Waals surface area contributed by atoms with Crippen LogP contribution in [0.3, 0.4) is 0 Å². The zero-order valence-corrected chi connectivity index (χ0v) is 19.0. The molecule has 0 aromatic heterocycles. The highest BCUT2D eigenvalue weighted by molar-refractivity contribution is 7.88. The first-order valence-electron chi connectivity index (χ1n) is 10.1. The van der Waals surface area contributed by atoms with Crippen molar-refractivity contribution in [3.05, 3.63) is 59.4 Å². The number of nitrogens with zero attached hydrogens (tertiary/aromatic N) is 1. The second kappa shape index (κ2) is 9.03. The average molecular weight is 489 g/mol. The van der Waals surface area contributed by atoms with Crippen LogP contribution < -0.4 is 4.72 Å². The van der Waals surface area contributed by atoms with Crippen molar-refractivity contribution < 1.29 is 35.9 Å². The van der Waals surface area contributed by atoms with E-state index in [0.717, 1.165) is 29.4 Å². The minimum atomic E-state index is -3.90. The monoisotopic (exact) mass is 488 g/mol. The third-order valence-electron chi connectivity index (χ3n) is 5.44. The largest absolute Gasteiger partial charge is 0.381 e. The van der Waals surface area contributed by atoms with Crippen molar-refractivity contribution in [2.24, 2.45) is 0 Å². The third-order valence-corrected chi connectivity index (χ3v) is 6.14. The lowest BCUT2D eigenvalue weighted by atomic mass is 9.95. The fraction of sp³-hybridized carbons (Fsp3) is 0.409. The molecule has 11 heteroatoms. The summed E-state index contributed by atoms with van der Waals surface area (Å²) in [5.41, 5.74) is -2.51. The summed E-state index contributed by atoms with van der Waals surface area (Å²) in [5.74, 6) is -3.40. The van der Waals surface area contributed by atoms with Gasteiger partial charge in [-0.15, -0.1) is 0 Å². The zero-order valence-electron chi connectivity index (χ0n) is 18.1. The molecule has 1 heterocycles. The second-order valence-electron chi connectivity index (χ2n) is 8.62. The number of aliphatic hydroxyl groups is 1. The molecule has 6 nitrogen and oxygen atoms in total. The number of carbonyl (C=O) groups is 1. The van der Waals surface area contributed by atoms with E-state index >= 15 is 4.39 Å². The van der Waals surface area contributed by atoms with Gasteiger partial charge in [0, 0.05) is 11.1 Å². The molecular weight excluding hydrogens is 464 g/mol. The Labute approximate surface area is 189 Å². The number of nitrogens with one attached hydrogen (secondary N) is 1. The quantitative estimate of drug-likeness (QED) is 0.612. The highest BCUT2D eigenvalue weighted by atomic mass is 32.2. The molecule has 33 heavy (non-hydrogen) atoms. The van der Waals surface area contributed by atoms with Gasteiger partial charge < -0.3 is 10.0 Å². The molecule has 3 rings (SSSR count). The standard InChI is InChI=1S/C22H24F4N2O4S/c1-22(2,30)21(29)28-11-17(25)20(27-33(3,31)32)18(28)9-12-5-4-6-14(19(12)26)15-10-13(23)7-8-16(15)24/h4-8,10,17-18,20,27,30H,9,11H2,1-3H3/t17-,18-,20-/m0/s1. The number of rotatable bonds is 6. The number of hydrogen-bond donors (Lipinski definition) is 2. The lowest BCUT2D eigenvalue weighted by Crippen LogP contribution is -2.53. The molecule has 1 amide bonds. The predicted molar refractivity (Wildman–Crippen MR) is 114 cm³/mol. The smallest absolute Gasteiger partial charge is 0.254 e. The molecule has 1 saturated heterocycles. The van der Waals surface area contributed by atoms with E-state index in [1.54, 1.807) is 0 Å². The Morgan fingerprint density at radius 3 is 2.45 bits per heavy atom. The number of sulfonamides is 1. The van der Waals surface area contributed by atoms with Crippen LogP contribution in [0.25, 0.3) is 11.1 Å². The zero-order chi connectivity index (χ0) is 24.7. The van der Waals surface area contributed by atoms with Crippen LogP contribution in [0, 0.1) is 17.5 Å². The van der Waals surface area contributed by atoms with E-state index in [4.69, 9.17) is 0 Å². The van der Waals surface area contributed by atoms with Crippen molar-refractivity contribution in [1.82, 2.24) is 9.62 Å². The van der Waals surface area contributed by atoms with Gasteiger partial charge in [-0.2, -0.15) is 0 Å². The number of carbonyl (C=O) groups excluding carboxylic acids is 1. The maximum atomic E-state index is 15.4. The van der Waals surface area contributed by atoms with E-state index < -0.39 is 63.8 Å². The maximum Gasteiger partial charge on any atom is 0.254 e. The summed E-state index contributed by atoms with van der Waals surface area (Å²) < 4.78 is 83.8. The van der Waals surface area contributed by atoms with Gasteiger partial charge in [-0.1, -0.05) is 18.2 Å². The predicted octanol–water partition coefficient (Wildman–Crippen LogP) is 2.55. The van der Waals surface area contributed by atoms with Crippen LogP contribution in [0.1, 0.15) is 19.4 Å². The van der Waals surface area contributed by atoms with Crippen molar-refractivity contribution >= 4 is 15.9 Å². The SMILES string of the molecule is CC(C)(O)C(=O)N1C[C@H](F)[C@H](NS(C)(=O)=O)[C@@H]1Cc1cccc(-c2cc(F)ccc2F)c1F. The maximum absolute atomic E-state index is 15.4. The summed E-state index contributed by atoms with van der Waals surface area (Å²) in [5, 5.41) is 10.1. The molecule has 3 atom stereocenters. The summed E-state index contributed by atoms with van der Waals surface area (Å²) in [6, 6.07) is 3.96. The van der Waals surface area contributed by atoms with Crippen molar-refractivity contribution in [2.45, 2.75) is 44.1 Å². The Balaban J connectivity index is 2.05. The van der Waals surface area contributed by atoms with Gasteiger partial charge in [0.2, 0.25) is 10.0 Å². The summed E-state index contributed by atoms with van der Waals surface area (Å²) >= 11 is 0. The van der Waals surface area contributed by atoms with E-state index in [9.17, 15) is 31.5 Å². The molecule has 0 spiro atoms. The highest BCUT2D eigenvalue weighted by Gasteiger charge is 2.48. The van der Waals surface area contributed by atoms with E-state index in [0.29, 0.717) is 0 Å².